The summed E-state index contributed by atoms with van der Waals surface area (Å²) in [4.78, 5) is 14.9. The monoisotopic (exact) mass is 292 g/mol. The van der Waals surface area contributed by atoms with Crippen molar-refractivity contribution in [3.8, 4) is 0 Å². The molecule has 108 valence electrons. The van der Waals surface area contributed by atoms with E-state index >= 15 is 0 Å². The van der Waals surface area contributed by atoms with E-state index in [0.717, 1.165) is 18.4 Å². The van der Waals surface area contributed by atoms with Crippen LogP contribution in [0.15, 0.2) is 30.3 Å². The van der Waals surface area contributed by atoms with Crippen LogP contribution in [-0.2, 0) is 9.53 Å². The smallest absolute Gasteiger partial charge is 0.256 e. The van der Waals surface area contributed by atoms with Crippen LogP contribution in [-0.4, -0.2) is 36.0 Å². The minimum atomic E-state index is -0.530. The average molecular weight is 292 g/mol. The van der Waals surface area contributed by atoms with Gasteiger partial charge in [-0.1, -0.05) is 42.5 Å². The van der Waals surface area contributed by atoms with Crippen molar-refractivity contribution in [3.63, 3.8) is 0 Å². The van der Waals surface area contributed by atoms with Crippen LogP contribution in [0.25, 0.3) is 0 Å². The first-order chi connectivity index (χ1) is 9.63. The largest absolute Gasteiger partial charge is 0.393 e. The van der Waals surface area contributed by atoms with E-state index in [1.54, 1.807) is 7.11 Å². The second-order valence-corrected chi connectivity index (χ2v) is 5.50. The van der Waals surface area contributed by atoms with Crippen molar-refractivity contribution in [3.05, 3.63) is 35.9 Å². The molecule has 2 N–H and O–H groups in total. The van der Waals surface area contributed by atoms with Crippen LogP contribution in [0.1, 0.15) is 24.5 Å². The van der Waals surface area contributed by atoms with E-state index in [0.29, 0.717) is 18.1 Å². The molecular weight excluding hydrogens is 272 g/mol. The summed E-state index contributed by atoms with van der Waals surface area (Å²) in [5.41, 5.74) is 6.55. The van der Waals surface area contributed by atoms with Crippen LogP contribution in [0.4, 0.5) is 0 Å². The van der Waals surface area contributed by atoms with Gasteiger partial charge in [0.2, 0.25) is 0 Å². The minimum absolute atomic E-state index is 0.0140. The molecule has 1 atom stereocenters. The number of carbonyl (C=O) groups excluding carboxylic acids is 1. The van der Waals surface area contributed by atoms with E-state index < -0.39 is 6.10 Å². The highest BCUT2D eigenvalue weighted by Crippen LogP contribution is 2.23. The number of nitrogens with zero attached hydrogens (tertiary/aromatic N) is 1. The van der Waals surface area contributed by atoms with E-state index in [-0.39, 0.29) is 11.8 Å². The van der Waals surface area contributed by atoms with Gasteiger partial charge >= 0.3 is 0 Å². The number of thiocarbonyl (C=S) groups is 1. The first-order valence-corrected chi connectivity index (χ1v) is 7.20. The molecular formula is C15H20N2O2S. The molecule has 1 fully saturated rings. The van der Waals surface area contributed by atoms with Crippen LogP contribution >= 0.6 is 12.2 Å². The number of hydrogen-bond acceptors (Lipinski definition) is 3. The maximum atomic E-state index is 12.5. The molecule has 0 bridgehead atoms. The van der Waals surface area contributed by atoms with Gasteiger partial charge in [0.15, 0.2) is 6.10 Å². The van der Waals surface area contributed by atoms with Crippen molar-refractivity contribution < 1.29 is 9.53 Å². The summed E-state index contributed by atoms with van der Waals surface area (Å²) in [7, 11) is 1.57. The Morgan fingerprint density at radius 1 is 1.35 bits per heavy atom. The fourth-order valence-electron chi connectivity index (χ4n) is 2.56. The highest BCUT2D eigenvalue weighted by molar-refractivity contribution is 7.80. The molecule has 1 amide bonds. The highest BCUT2D eigenvalue weighted by atomic mass is 32.1. The standard InChI is InChI=1S/C15H20N2O2S/c1-19-13(11-5-3-2-4-6-11)15(18)17-9-7-12(8-10-17)14(16)20/h2-6,12-13H,7-10H2,1H3,(H2,16,20). The molecule has 0 aromatic heterocycles. The van der Waals surface area contributed by atoms with Crippen molar-refractivity contribution >= 4 is 23.1 Å². The molecule has 1 heterocycles. The second kappa shape index (κ2) is 6.81. The Hall–Kier alpha value is -1.46. The number of rotatable bonds is 4. The molecule has 1 unspecified atom stereocenters. The van der Waals surface area contributed by atoms with Crippen LogP contribution < -0.4 is 5.73 Å². The molecule has 0 aliphatic carbocycles. The van der Waals surface area contributed by atoms with Gasteiger partial charge in [-0.15, -0.1) is 0 Å². The summed E-state index contributed by atoms with van der Waals surface area (Å²) in [5.74, 6) is 0.270. The number of hydrogen-bond donors (Lipinski definition) is 1. The summed E-state index contributed by atoms with van der Waals surface area (Å²) >= 11 is 5.02. The molecule has 0 saturated carbocycles. The Labute approximate surface area is 124 Å². The number of ether oxygens (including phenoxy) is 1. The molecule has 20 heavy (non-hydrogen) atoms. The van der Waals surface area contributed by atoms with Crippen molar-refractivity contribution in [2.75, 3.05) is 20.2 Å². The number of benzene rings is 1. The zero-order valence-corrected chi connectivity index (χ0v) is 12.4. The molecule has 0 spiro atoms. The highest BCUT2D eigenvalue weighted by Gasteiger charge is 2.29. The third-order valence-corrected chi connectivity index (χ3v) is 4.10. The molecule has 0 radical (unpaired) electrons. The normalized spacial score (nSPS) is 17.8. The van der Waals surface area contributed by atoms with Gasteiger partial charge in [0.1, 0.15) is 0 Å². The lowest BCUT2D eigenvalue weighted by atomic mass is 9.96. The topological polar surface area (TPSA) is 55.6 Å². The van der Waals surface area contributed by atoms with Gasteiger partial charge in [0.05, 0.1) is 4.99 Å². The molecule has 1 aromatic carbocycles. The molecule has 4 nitrogen and oxygen atoms in total. The average Bonchev–Trinajstić information content (AvgIpc) is 2.49. The van der Waals surface area contributed by atoms with Crippen molar-refractivity contribution in [2.24, 2.45) is 11.7 Å². The molecule has 1 saturated heterocycles. The Morgan fingerprint density at radius 3 is 2.45 bits per heavy atom. The quantitative estimate of drug-likeness (QED) is 0.861. The van der Waals surface area contributed by atoms with Gasteiger partial charge in [-0.3, -0.25) is 4.79 Å². The maximum absolute atomic E-state index is 12.5. The first kappa shape index (κ1) is 14.9. The lowest BCUT2D eigenvalue weighted by Crippen LogP contribution is -2.43. The number of piperidine rings is 1. The summed E-state index contributed by atoms with van der Waals surface area (Å²) in [6.07, 6.45) is 1.15. The van der Waals surface area contributed by atoms with E-state index in [9.17, 15) is 4.79 Å². The fourth-order valence-corrected chi connectivity index (χ4v) is 2.79. The number of amides is 1. The summed E-state index contributed by atoms with van der Waals surface area (Å²) in [6.45, 7) is 1.38. The van der Waals surface area contributed by atoms with Crippen LogP contribution in [0, 0.1) is 5.92 Å². The van der Waals surface area contributed by atoms with Crippen molar-refractivity contribution in [1.82, 2.24) is 4.90 Å². The number of methoxy groups -OCH3 is 1. The van der Waals surface area contributed by atoms with Crippen LogP contribution in [0.3, 0.4) is 0 Å². The van der Waals surface area contributed by atoms with Gasteiger partial charge in [0, 0.05) is 26.1 Å². The Bertz CT molecular complexity index is 470. The van der Waals surface area contributed by atoms with E-state index in [1.807, 2.05) is 35.2 Å². The Morgan fingerprint density at radius 2 is 1.95 bits per heavy atom. The zero-order valence-electron chi connectivity index (χ0n) is 11.6. The molecule has 5 heteroatoms. The lowest BCUT2D eigenvalue weighted by Gasteiger charge is -2.33. The van der Waals surface area contributed by atoms with Gasteiger partial charge < -0.3 is 15.4 Å². The van der Waals surface area contributed by atoms with Gasteiger partial charge in [-0.25, -0.2) is 0 Å². The van der Waals surface area contributed by atoms with Crippen molar-refractivity contribution in [2.45, 2.75) is 18.9 Å². The summed E-state index contributed by atoms with van der Waals surface area (Å²) in [5, 5.41) is 0. The SMILES string of the molecule is COC(C(=O)N1CCC(C(N)=S)CC1)c1ccccc1. The molecule has 1 aliphatic rings. The lowest BCUT2D eigenvalue weighted by molar-refractivity contribution is -0.143. The number of carbonyl (C=O) groups is 1. The Kier molecular flexibility index (Phi) is 5.09. The van der Waals surface area contributed by atoms with Gasteiger partial charge in [0.25, 0.3) is 5.91 Å². The number of likely N-dealkylation sites (tertiary alicyclic amines) is 1. The third kappa shape index (κ3) is 3.35. The van der Waals surface area contributed by atoms with Gasteiger partial charge in [-0.2, -0.15) is 0 Å². The Balaban J connectivity index is 2.02. The fraction of sp³-hybridized carbons (Fsp3) is 0.467. The number of nitrogens with two attached hydrogens (primary N) is 1. The van der Waals surface area contributed by atoms with Gasteiger partial charge in [-0.05, 0) is 18.4 Å². The first-order valence-electron chi connectivity index (χ1n) is 6.79. The molecule has 1 aliphatic heterocycles. The summed E-state index contributed by atoms with van der Waals surface area (Å²) in [6, 6.07) is 9.57. The summed E-state index contributed by atoms with van der Waals surface area (Å²) < 4.78 is 5.38. The van der Waals surface area contributed by atoms with E-state index in [4.69, 9.17) is 22.7 Å². The predicted molar refractivity (Wildman–Crippen MR) is 82.3 cm³/mol. The predicted octanol–water partition coefficient (Wildman–Crippen LogP) is 1.90. The maximum Gasteiger partial charge on any atom is 0.256 e. The minimum Gasteiger partial charge on any atom is -0.393 e. The van der Waals surface area contributed by atoms with Crippen LogP contribution in [0.5, 0.6) is 0 Å². The third-order valence-electron chi connectivity index (χ3n) is 3.77. The zero-order chi connectivity index (χ0) is 14.5. The molecule has 2 rings (SSSR count). The molecule has 1 aromatic rings. The van der Waals surface area contributed by atoms with E-state index in [2.05, 4.69) is 0 Å². The van der Waals surface area contributed by atoms with Crippen LogP contribution in [0.2, 0.25) is 0 Å². The second-order valence-electron chi connectivity index (χ2n) is 5.03. The van der Waals surface area contributed by atoms with E-state index in [1.165, 1.54) is 0 Å². The van der Waals surface area contributed by atoms with Crippen molar-refractivity contribution in [1.29, 1.82) is 0 Å².